The third kappa shape index (κ3) is 5.13. The fourth-order valence-corrected chi connectivity index (χ4v) is 2.12. The monoisotopic (exact) mass is 343 g/mol. The molecule has 2 rings (SSSR count). The number of nitrogens with zero attached hydrogens (tertiary/aromatic N) is 1. The third-order valence-corrected chi connectivity index (χ3v) is 3.48. The first kappa shape index (κ1) is 18.1. The molecule has 0 saturated carbocycles. The molecule has 1 atom stereocenters. The van der Waals surface area contributed by atoms with Crippen molar-refractivity contribution in [1.29, 1.82) is 0 Å². The molecule has 0 heterocycles. The van der Waals surface area contributed by atoms with Crippen LogP contribution >= 0.6 is 0 Å². The van der Waals surface area contributed by atoms with Crippen molar-refractivity contribution in [2.75, 3.05) is 6.61 Å². The summed E-state index contributed by atoms with van der Waals surface area (Å²) in [5, 5.41) is 10.8. The van der Waals surface area contributed by atoms with Crippen molar-refractivity contribution >= 4 is 17.4 Å². The fourth-order valence-electron chi connectivity index (χ4n) is 2.12. The van der Waals surface area contributed by atoms with Gasteiger partial charge in [-0.05, 0) is 43.7 Å². The number of esters is 1. The average molecular weight is 343 g/mol. The van der Waals surface area contributed by atoms with E-state index in [4.69, 9.17) is 9.47 Å². The Morgan fingerprint density at radius 3 is 2.44 bits per heavy atom. The molecule has 130 valence electrons. The SMILES string of the molecule is CC(=O)c1ccc(OCC(=O)O[C@H](C)c2cccc([N+](=O)[O-])c2)cc1. The smallest absolute Gasteiger partial charge is 0.344 e. The lowest BCUT2D eigenvalue weighted by molar-refractivity contribution is -0.385. The van der Waals surface area contributed by atoms with Gasteiger partial charge in [-0.3, -0.25) is 14.9 Å². The number of Topliss-reactive ketones (excluding diaryl/α,β-unsaturated/α-hetero) is 1. The highest BCUT2D eigenvalue weighted by atomic mass is 16.6. The quantitative estimate of drug-likeness (QED) is 0.330. The van der Waals surface area contributed by atoms with Gasteiger partial charge in [0.1, 0.15) is 11.9 Å². The Labute approximate surface area is 144 Å². The Kier molecular flexibility index (Phi) is 5.84. The number of nitro groups is 1. The second kappa shape index (κ2) is 8.05. The number of hydrogen-bond donors (Lipinski definition) is 0. The van der Waals surface area contributed by atoms with E-state index in [1.165, 1.54) is 25.1 Å². The minimum Gasteiger partial charge on any atom is -0.482 e. The van der Waals surface area contributed by atoms with Crippen molar-refractivity contribution < 1.29 is 24.0 Å². The van der Waals surface area contributed by atoms with Crippen molar-refractivity contribution in [3.05, 3.63) is 69.8 Å². The van der Waals surface area contributed by atoms with E-state index in [9.17, 15) is 19.7 Å². The Morgan fingerprint density at radius 2 is 1.84 bits per heavy atom. The first-order valence-electron chi connectivity index (χ1n) is 7.54. The molecule has 0 amide bonds. The van der Waals surface area contributed by atoms with Crippen LogP contribution in [0.2, 0.25) is 0 Å². The fraction of sp³-hybridized carbons (Fsp3) is 0.222. The summed E-state index contributed by atoms with van der Waals surface area (Å²) in [7, 11) is 0. The maximum Gasteiger partial charge on any atom is 0.344 e. The lowest BCUT2D eigenvalue weighted by Gasteiger charge is -2.14. The lowest BCUT2D eigenvalue weighted by atomic mass is 10.1. The number of hydrogen-bond acceptors (Lipinski definition) is 6. The number of nitro benzene ring substituents is 1. The summed E-state index contributed by atoms with van der Waals surface area (Å²) in [5.41, 5.74) is 1.00. The van der Waals surface area contributed by atoms with Gasteiger partial charge in [0.2, 0.25) is 0 Å². The molecule has 0 aliphatic rings. The van der Waals surface area contributed by atoms with Crippen molar-refractivity contribution in [2.45, 2.75) is 20.0 Å². The molecule has 7 heteroatoms. The van der Waals surface area contributed by atoms with Crippen molar-refractivity contribution in [3.8, 4) is 5.75 Å². The van der Waals surface area contributed by atoms with E-state index in [0.717, 1.165) is 0 Å². The average Bonchev–Trinajstić information content (AvgIpc) is 2.60. The summed E-state index contributed by atoms with van der Waals surface area (Å²) in [6.45, 7) is 2.78. The van der Waals surface area contributed by atoms with Crippen molar-refractivity contribution in [3.63, 3.8) is 0 Å². The van der Waals surface area contributed by atoms with Gasteiger partial charge >= 0.3 is 5.97 Å². The topological polar surface area (TPSA) is 95.7 Å². The zero-order valence-corrected chi connectivity index (χ0v) is 13.8. The highest BCUT2D eigenvalue weighted by molar-refractivity contribution is 5.94. The van der Waals surface area contributed by atoms with Gasteiger partial charge in [-0.25, -0.2) is 4.79 Å². The molecule has 0 N–H and O–H groups in total. The summed E-state index contributed by atoms with van der Waals surface area (Å²) >= 11 is 0. The second-order valence-corrected chi connectivity index (χ2v) is 5.35. The van der Waals surface area contributed by atoms with Crippen LogP contribution in [0.1, 0.15) is 35.9 Å². The van der Waals surface area contributed by atoms with Gasteiger partial charge in [0.15, 0.2) is 12.4 Å². The Morgan fingerprint density at radius 1 is 1.16 bits per heavy atom. The first-order chi connectivity index (χ1) is 11.9. The second-order valence-electron chi connectivity index (χ2n) is 5.35. The zero-order chi connectivity index (χ0) is 18.4. The largest absolute Gasteiger partial charge is 0.482 e. The number of ether oxygens (including phenoxy) is 2. The summed E-state index contributed by atoms with van der Waals surface area (Å²) < 4.78 is 10.5. The number of carbonyl (C=O) groups is 2. The predicted molar refractivity (Wildman–Crippen MR) is 89.5 cm³/mol. The zero-order valence-electron chi connectivity index (χ0n) is 13.8. The molecule has 0 fully saturated rings. The highest BCUT2D eigenvalue weighted by Gasteiger charge is 2.15. The van der Waals surface area contributed by atoms with Crippen LogP contribution in [-0.4, -0.2) is 23.3 Å². The van der Waals surface area contributed by atoms with E-state index >= 15 is 0 Å². The van der Waals surface area contributed by atoms with Gasteiger partial charge in [0.05, 0.1) is 4.92 Å². The van der Waals surface area contributed by atoms with Gasteiger partial charge in [-0.1, -0.05) is 12.1 Å². The molecule has 0 unspecified atom stereocenters. The molecule has 2 aromatic rings. The molecule has 0 spiro atoms. The molecule has 0 aromatic heterocycles. The number of ketones is 1. The summed E-state index contributed by atoms with van der Waals surface area (Å²) in [4.78, 5) is 33.3. The molecule has 2 aromatic carbocycles. The molecular weight excluding hydrogens is 326 g/mol. The minimum atomic E-state index is -0.643. The lowest BCUT2D eigenvalue weighted by Crippen LogP contribution is -2.17. The Bertz CT molecular complexity index is 784. The standard InChI is InChI=1S/C18H17NO6/c1-12(20)14-6-8-17(9-7-14)24-11-18(21)25-13(2)15-4-3-5-16(10-15)19(22)23/h3-10,13H,11H2,1-2H3/t13-/m1/s1. The van der Waals surface area contributed by atoms with Gasteiger partial charge in [-0.2, -0.15) is 0 Å². The van der Waals surface area contributed by atoms with Crippen LogP contribution in [0.5, 0.6) is 5.75 Å². The number of non-ortho nitro benzene ring substituents is 1. The van der Waals surface area contributed by atoms with Gasteiger partial charge < -0.3 is 9.47 Å². The number of carbonyl (C=O) groups excluding carboxylic acids is 2. The van der Waals surface area contributed by atoms with Crippen LogP contribution < -0.4 is 4.74 Å². The van der Waals surface area contributed by atoms with E-state index < -0.39 is 17.0 Å². The molecule has 7 nitrogen and oxygen atoms in total. The molecule has 0 saturated heterocycles. The maximum absolute atomic E-state index is 11.9. The van der Waals surface area contributed by atoms with E-state index in [2.05, 4.69) is 0 Å². The van der Waals surface area contributed by atoms with Crippen LogP contribution in [0.4, 0.5) is 5.69 Å². The summed E-state index contributed by atoms with van der Waals surface area (Å²) in [5.74, 6) is -0.226. The summed E-state index contributed by atoms with van der Waals surface area (Å²) in [6.07, 6.45) is -0.643. The van der Waals surface area contributed by atoms with E-state index in [-0.39, 0.29) is 18.1 Å². The van der Waals surface area contributed by atoms with Crippen LogP contribution in [-0.2, 0) is 9.53 Å². The molecule has 25 heavy (non-hydrogen) atoms. The highest BCUT2D eigenvalue weighted by Crippen LogP contribution is 2.22. The number of rotatable bonds is 7. The van der Waals surface area contributed by atoms with Crippen LogP contribution in [0.15, 0.2) is 48.5 Å². The first-order valence-corrected chi connectivity index (χ1v) is 7.54. The van der Waals surface area contributed by atoms with Crippen LogP contribution in [0.3, 0.4) is 0 Å². The van der Waals surface area contributed by atoms with Crippen molar-refractivity contribution in [1.82, 2.24) is 0 Å². The molecular formula is C18H17NO6. The minimum absolute atomic E-state index is 0.0586. The molecule has 0 radical (unpaired) electrons. The van der Waals surface area contributed by atoms with Crippen LogP contribution in [0.25, 0.3) is 0 Å². The van der Waals surface area contributed by atoms with E-state index in [0.29, 0.717) is 16.9 Å². The number of benzene rings is 2. The van der Waals surface area contributed by atoms with Gasteiger partial charge in [0.25, 0.3) is 5.69 Å². The Balaban J connectivity index is 1.90. The van der Waals surface area contributed by atoms with Gasteiger partial charge in [-0.15, -0.1) is 0 Å². The van der Waals surface area contributed by atoms with Crippen LogP contribution in [0, 0.1) is 10.1 Å². The van der Waals surface area contributed by atoms with E-state index in [1.54, 1.807) is 37.3 Å². The molecule has 0 aliphatic carbocycles. The Hall–Kier alpha value is -3.22. The molecule has 0 aliphatic heterocycles. The van der Waals surface area contributed by atoms with E-state index in [1.807, 2.05) is 0 Å². The maximum atomic E-state index is 11.9. The predicted octanol–water partition coefficient (Wildman–Crippen LogP) is 3.48. The van der Waals surface area contributed by atoms with Gasteiger partial charge in [0, 0.05) is 17.7 Å². The molecule has 0 bridgehead atoms. The normalized spacial score (nSPS) is 11.4. The third-order valence-electron chi connectivity index (χ3n) is 3.48. The van der Waals surface area contributed by atoms with Crippen molar-refractivity contribution in [2.24, 2.45) is 0 Å². The summed E-state index contributed by atoms with van der Waals surface area (Å²) in [6, 6.07) is 12.3.